The van der Waals surface area contributed by atoms with Crippen molar-refractivity contribution in [1.29, 1.82) is 0 Å². The number of nitrogens with one attached hydrogen (secondary N) is 1. The van der Waals surface area contributed by atoms with Gasteiger partial charge < -0.3 is 10.5 Å². The highest BCUT2D eigenvalue weighted by Crippen LogP contribution is 2.38. The number of fused-ring (bicyclic) bond motifs is 1. The zero-order chi connectivity index (χ0) is 13.3. The summed E-state index contributed by atoms with van der Waals surface area (Å²) >= 11 is 0. The van der Waals surface area contributed by atoms with Crippen LogP contribution in [0.25, 0.3) is 0 Å². The third-order valence-electron chi connectivity index (χ3n) is 3.96. The molecular formula is C15H22N2O. The van der Waals surface area contributed by atoms with E-state index >= 15 is 0 Å². The van der Waals surface area contributed by atoms with Crippen molar-refractivity contribution in [3.63, 3.8) is 0 Å². The Kier molecular flexibility index (Phi) is 3.33. The largest absolute Gasteiger partial charge is 0.411 e. The smallest absolute Gasteiger partial charge is 0.0840 e. The first-order valence-corrected chi connectivity index (χ1v) is 6.60. The zero-order valence-corrected chi connectivity index (χ0v) is 11.7. The van der Waals surface area contributed by atoms with E-state index in [2.05, 4.69) is 43.4 Å². The molecule has 3 heteroatoms. The molecule has 2 N–H and O–H groups in total. The maximum atomic E-state index is 8.98. The minimum atomic E-state index is 0.216. The predicted molar refractivity (Wildman–Crippen MR) is 76.0 cm³/mol. The molecule has 0 unspecified atom stereocenters. The molecule has 0 saturated carbocycles. The summed E-state index contributed by atoms with van der Waals surface area (Å²) in [5.74, 6) is 0. The van der Waals surface area contributed by atoms with E-state index in [1.807, 2.05) is 6.92 Å². The summed E-state index contributed by atoms with van der Waals surface area (Å²) in [5.41, 5.74) is 5.75. The summed E-state index contributed by atoms with van der Waals surface area (Å²) in [6.45, 7) is 9.56. The molecule has 0 spiro atoms. The summed E-state index contributed by atoms with van der Waals surface area (Å²) in [7, 11) is 0. The first kappa shape index (κ1) is 12.9. The van der Waals surface area contributed by atoms with Gasteiger partial charge in [0.05, 0.1) is 5.71 Å². The monoisotopic (exact) mass is 246 g/mol. The van der Waals surface area contributed by atoms with E-state index in [-0.39, 0.29) is 5.41 Å². The maximum absolute atomic E-state index is 8.98. The second-order valence-corrected chi connectivity index (χ2v) is 5.65. The first-order valence-electron chi connectivity index (χ1n) is 6.60. The SMILES string of the molecule is CCc1cc2c(cc1/C(C)=N/O)NCCC2(C)C. The molecule has 0 fully saturated rings. The molecular weight excluding hydrogens is 224 g/mol. The van der Waals surface area contributed by atoms with Gasteiger partial charge in [-0.05, 0) is 42.4 Å². The summed E-state index contributed by atoms with van der Waals surface area (Å²) in [5, 5.41) is 15.8. The van der Waals surface area contributed by atoms with E-state index in [0.29, 0.717) is 5.71 Å². The van der Waals surface area contributed by atoms with Gasteiger partial charge in [-0.2, -0.15) is 0 Å². The van der Waals surface area contributed by atoms with Gasteiger partial charge in [0, 0.05) is 17.8 Å². The maximum Gasteiger partial charge on any atom is 0.0840 e. The molecule has 18 heavy (non-hydrogen) atoms. The number of anilines is 1. The van der Waals surface area contributed by atoms with Crippen molar-refractivity contribution in [2.45, 2.75) is 46.0 Å². The van der Waals surface area contributed by atoms with Gasteiger partial charge in [-0.3, -0.25) is 0 Å². The van der Waals surface area contributed by atoms with Crippen LogP contribution in [-0.4, -0.2) is 17.5 Å². The molecule has 0 aromatic heterocycles. The Morgan fingerprint density at radius 2 is 2.17 bits per heavy atom. The third kappa shape index (κ3) is 2.09. The van der Waals surface area contributed by atoms with Gasteiger partial charge in [0.25, 0.3) is 0 Å². The van der Waals surface area contributed by atoms with E-state index < -0.39 is 0 Å². The van der Waals surface area contributed by atoms with Crippen LogP contribution in [0, 0.1) is 0 Å². The molecule has 1 aliphatic rings. The van der Waals surface area contributed by atoms with Gasteiger partial charge in [-0.1, -0.05) is 32.0 Å². The molecule has 1 aromatic rings. The van der Waals surface area contributed by atoms with Gasteiger partial charge in [0.1, 0.15) is 0 Å². The molecule has 3 nitrogen and oxygen atoms in total. The quantitative estimate of drug-likeness (QED) is 0.476. The molecule has 0 amide bonds. The minimum absolute atomic E-state index is 0.216. The van der Waals surface area contributed by atoms with Gasteiger partial charge in [0.2, 0.25) is 0 Å². The third-order valence-corrected chi connectivity index (χ3v) is 3.96. The Morgan fingerprint density at radius 1 is 1.44 bits per heavy atom. The molecule has 0 bridgehead atoms. The summed E-state index contributed by atoms with van der Waals surface area (Å²) in [6, 6.07) is 4.40. The molecule has 0 atom stereocenters. The van der Waals surface area contributed by atoms with Crippen molar-refractivity contribution >= 4 is 11.4 Å². The van der Waals surface area contributed by atoms with Crippen molar-refractivity contribution in [2.24, 2.45) is 5.16 Å². The predicted octanol–water partition coefficient (Wildman–Crippen LogP) is 3.54. The number of aryl methyl sites for hydroxylation is 1. The molecule has 2 rings (SSSR count). The fourth-order valence-corrected chi connectivity index (χ4v) is 2.68. The molecule has 0 aliphatic carbocycles. The van der Waals surface area contributed by atoms with Crippen molar-refractivity contribution < 1.29 is 5.21 Å². The summed E-state index contributed by atoms with van der Waals surface area (Å²) in [6.07, 6.45) is 2.10. The van der Waals surface area contributed by atoms with E-state index in [0.717, 1.165) is 24.9 Å². The molecule has 0 saturated heterocycles. The van der Waals surface area contributed by atoms with Crippen LogP contribution in [0.15, 0.2) is 17.3 Å². The average molecular weight is 246 g/mol. The van der Waals surface area contributed by atoms with E-state index in [1.165, 1.54) is 16.8 Å². The first-order chi connectivity index (χ1) is 8.49. The molecule has 1 aromatic carbocycles. The zero-order valence-electron chi connectivity index (χ0n) is 11.7. The number of oxime groups is 1. The lowest BCUT2D eigenvalue weighted by atomic mass is 9.76. The highest BCUT2D eigenvalue weighted by atomic mass is 16.4. The van der Waals surface area contributed by atoms with Gasteiger partial charge in [-0.15, -0.1) is 0 Å². The van der Waals surface area contributed by atoms with Crippen LogP contribution >= 0.6 is 0 Å². The van der Waals surface area contributed by atoms with Crippen molar-refractivity contribution in [1.82, 2.24) is 0 Å². The fraction of sp³-hybridized carbons (Fsp3) is 0.533. The molecule has 0 radical (unpaired) electrons. The van der Waals surface area contributed by atoms with Crippen LogP contribution in [0.5, 0.6) is 0 Å². The van der Waals surface area contributed by atoms with E-state index in [9.17, 15) is 0 Å². The van der Waals surface area contributed by atoms with Crippen LogP contribution in [0.3, 0.4) is 0 Å². The lowest BCUT2D eigenvalue weighted by Gasteiger charge is -2.34. The number of rotatable bonds is 2. The van der Waals surface area contributed by atoms with Gasteiger partial charge in [0.15, 0.2) is 0 Å². The Bertz CT molecular complexity index is 490. The Hall–Kier alpha value is -1.51. The minimum Gasteiger partial charge on any atom is -0.411 e. The lowest BCUT2D eigenvalue weighted by Crippen LogP contribution is -2.29. The van der Waals surface area contributed by atoms with E-state index in [1.54, 1.807) is 0 Å². The van der Waals surface area contributed by atoms with Crippen LogP contribution in [0.1, 0.15) is 50.8 Å². The van der Waals surface area contributed by atoms with Crippen LogP contribution in [0.4, 0.5) is 5.69 Å². The Labute approximate surface area is 109 Å². The highest BCUT2D eigenvalue weighted by Gasteiger charge is 2.28. The summed E-state index contributed by atoms with van der Waals surface area (Å²) < 4.78 is 0. The van der Waals surface area contributed by atoms with Gasteiger partial charge in [-0.25, -0.2) is 0 Å². The number of hydrogen-bond acceptors (Lipinski definition) is 3. The number of hydrogen-bond donors (Lipinski definition) is 2. The topological polar surface area (TPSA) is 44.6 Å². The summed E-state index contributed by atoms with van der Waals surface area (Å²) in [4.78, 5) is 0. The normalized spacial score (nSPS) is 18.1. The second kappa shape index (κ2) is 4.63. The standard InChI is InChI=1S/C15H22N2O/c1-5-11-8-13-14(9-12(11)10(2)17-18)16-7-6-15(13,3)4/h8-9,16,18H,5-7H2,1-4H3/b17-10+. The van der Waals surface area contributed by atoms with Crippen LogP contribution < -0.4 is 5.32 Å². The lowest BCUT2D eigenvalue weighted by molar-refractivity contribution is 0.319. The van der Waals surface area contributed by atoms with Crippen molar-refractivity contribution in [2.75, 3.05) is 11.9 Å². The van der Waals surface area contributed by atoms with Crippen LogP contribution in [-0.2, 0) is 11.8 Å². The second-order valence-electron chi connectivity index (χ2n) is 5.65. The fourth-order valence-electron chi connectivity index (χ4n) is 2.68. The van der Waals surface area contributed by atoms with Crippen molar-refractivity contribution in [3.05, 3.63) is 28.8 Å². The number of nitrogens with zero attached hydrogens (tertiary/aromatic N) is 1. The Balaban J connectivity index is 2.61. The van der Waals surface area contributed by atoms with Crippen LogP contribution in [0.2, 0.25) is 0 Å². The average Bonchev–Trinajstić information content (AvgIpc) is 2.36. The van der Waals surface area contributed by atoms with Gasteiger partial charge >= 0.3 is 0 Å². The molecule has 1 aliphatic heterocycles. The number of benzene rings is 1. The Morgan fingerprint density at radius 3 is 2.78 bits per heavy atom. The van der Waals surface area contributed by atoms with E-state index in [4.69, 9.17) is 5.21 Å². The van der Waals surface area contributed by atoms with Crippen molar-refractivity contribution in [3.8, 4) is 0 Å². The highest BCUT2D eigenvalue weighted by molar-refractivity contribution is 6.00. The molecule has 1 heterocycles. The molecule has 98 valence electrons.